The van der Waals surface area contributed by atoms with Gasteiger partial charge >= 0.3 is 5.97 Å². The second kappa shape index (κ2) is 8.82. The molecule has 0 spiro atoms. The van der Waals surface area contributed by atoms with E-state index in [-0.39, 0.29) is 25.9 Å². The van der Waals surface area contributed by atoms with Crippen molar-refractivity contribution in [3.8, 4) is 11.5 Å². The molecule has 1 aliphatic heterocycles. The third-order valence-corrected chi connectivity index (χ3v) is 4.69. The van der Waals surface area contributed by atoms with Gasteiger partial charge in [0.05, 0.1) is 0 Å². The maximum atomic E-state index is 12.1. The lowest BCUT2D eigenvalue weighted by Crippen LogP contribution is -2.30. The number of rotatable bonds is 7. The van der Waals surface area contributed by atoms with E-state index in [9.17, 15) is 9.59 Å². The van der Waals surface area contributed by atoms with Gasteiger partial charge < -0.3 is 19.5 Å². The average Bonchev–Trinajstić information content (AvgIpc) is 3.12. The molecule has 8 heteroatoms. The van der Waals surface area contributed by atoms with E-state index in [4.69, 9.17) is 25.8 Å². The summed E-state index contributed by atoms with van der Waals surface area (Å²) in [5.41, 5.74) is 0.389. The van der Waals surface area contributed by atoms with Crippen molar-refractivity contribution in [2.24, 2.45) is 0 Å². The van der Waals surface area contributed by atoms with E-state index in [1.165, 1.54) is 0 Å². The van der Waals surface area contributed by atoms with Crippen LogP contribution >= 0.6 is 23.4 Å². The van der Waals surface area contributed by atoms with Crippen LogP contribution in [0.5, 0.6) is 11.5 Å². The molecule has 0 aliphatic carbocycles. The van der Waals surface area contributed by atoms with Crippen LogP contribution in [0.2, 0.25) is 5.02 Å². The lowest BCUT2D eigenvalue weighted by Gasteiger charge is -2.07. The molecule has 1 heterocycles. The molecule has 1 N–H and O–H groups in total. The SMILES string of the molecule is O=C(CNC(=O)c1ccc2c(c1)OCO2)OCCSc1ccc(Cl)cc1. The monoisotopic (exact) mass is 393 g/mol. The highest BCUT2D eigenvalue weighted by Gasteiger charge is 2.16. The van der Waals surface area contributed by atoms with Gasteiger partial charge in [-0.1, -0.05) is 11.6 Å². The van der Waals surface area contributed by atoms with E-state index in [0.29, 0.717) is 27.8 Å². The van der Waals surface area contributed by atoms with Crippen molar-refractivity contribution in [3.63, 3.8) is 0 Å². The molecule has 0 radical (unpaired) electrons. The Labute approximate surface area is 159 Å². The molecule has 0 unspecified atom stereocenters. The number of esters is 1. The Balaban J connectivity index is 1.36. The summed E-state index contributed by atoms with van der Waals surface area (Å²) in [6, 6.07) is 12.3. The number of thioether (sulfide) groups is 1. The highest BCUT2D eigenvalue weighted by Crippen LogP contribution is 2.32. The lowest BCUT2D eigenvalue weighted by atomic mass is 10.2. The van der Waals surface area contributed by atoms with Gasteiger partial charge in [0.2, 0.25) is 6.79 Å². The number of amides is 1. The molecule has 0 bridgehead atoms. The Morgan fingerprint density at radius 2 is 1.88 bits per heavy atom. The van der Waals surface area contributed by atoms with E-state index in [0.717, 1.165) is 4.90 Å². The molecule has 1 amide bonds. The summed E-state index contributed by atoms with van der Waals surface area (Å²) in [6.07, 6.45) is 0. The second-order valence-electron chi connectivity index (χ2n) is 5.27. The first kappa shape index (κ1) is 18.4. The minimum absolute atomic E-state index is 0.140. The van der Waals surface area contributed by atoms with E-state index < -0.39 is 5.97 Å². The number of hydrogen-bond donors (Lipinski definition) is 1. The number of fused-ring (bicyclic) bond motifs is 1. The van der Waals surface area contributed by atoms with Crippen molar-refractivity contribution in [1.29, 1.82) is 0 Å². The van der Waals surface area contributed by atoms with Gasteiger partial charge in [-0.05, 0) is 42.5 Å². The second-order valence-corrected chi connectivity index (χ2v) is 6.88. The Morgan fingerprint density at radius 1 is 1.12 bits per heavy atom. The topological polar surface area (TPSA) is 73.9 Å². The maximum absolute atomic E-state index is 12.1. The van der Waals surface area contributed by atoms with Crippen LogP contribution in [0.25, 0.3) is 0 Å². The average molecular weight is 394 g/mol. The molecule has 6 nitrogen and oxygen atoms in total. The molecule has 0 aromatic heterocycles. The summed E-state index contributed by atoms with van der Waals surface area (Å²) < 4.78 is 15.5. The van der Waals surface area contributed by atoms with Crippen molar-refractivity contribution in [3.05, 3.63) is 53.1 Å². The fourth-order valence-corrected chi connectivity index (χ4v) is 3.05. The highest BCUT2D eigenvalue weighted by molar-refractivity contribution is 7.99. The van der Waals surface area contributed by atoms with Gasteiger partial charge in [0, 0.05) is 21.2 Å². The van der Waals surface area contributed by atoms with Crippen LogP contribution in [0, 0.1) is 0 Å². The summed E-state index contributed by atoms with van der Waals surface area (Å²) in [7, 11) is 0. The number of halogens is 1. The van der Waals surface area contributed by atoms with Crippen LogP contribution < -0.4 is 14.8 Å². The molecule has 2 aromatic carbocycles. The number of nitrogens with one attached hydrogen (secondary N) is 1. The Kier molecular flexibility index (Phi) is 6.25. The fraction of sp³-hybridized carbons (Fsp3) is 0.222. The smallest absolute Gasteiger partial charge is 0.325 e. The molecule has 2 aromatic rings. The predicted octanol–water partition coefficient (Wildman–Crippen LogP) is 3.13. The number of hydrogen-bond acceptors (Lipinski definition) is 6. The third-order valence-electron chi connectivity index (χ3n) is 3.46. The third kappa shape index (κ3) is 5.06. The molecule has 0 atom stereocenters. The first-order valence-electron chi connectivity index (χ1n) is 7.83. The molecule has 136 valence electrons. The summed E-state index contributed by atoms with van der Waals surface area (Å²) in [6.45, 7) is 0.200. The maximum Gasteiger partial charge on any atom is 0.325 e. The summed E-state index contributed by atoms with van der Waals surface area (Å²) in [5, 5.41) is 3.20. The summed E-state index contributed by atoms with van der Waals surface area (Å²) in [5.74, 6) is 0.855. The number of carbonyl (C=O) groups excluding carboxylic acids is 2. The van der Waals surface area contributed by atoms with Crippen molar-refractivity contribution < 1.29 is 23.8 Å². The molecular weight excluding hydrogens is 378 g/mol. The highest BCUT2D eigenvalue weighted by atomic mass is 35.5. The minimum atomic E-state index is -0.490. The largest absolute Gasteiger partial charge is 0.463 e. The van der Waals surface area contributed by atoms with Crippen LogP contribution in [-0.2, 0) is 9.53 Å². The first-order chi connectivity index (χ1) is 12.6. The van der Waals surface area contributed by atoms with E-state index in [1.807, 2.05) is 24.3 Å². The fourth-order valence-electron chi connectivity index (χ4n) is 2.19. The zero-order chi connectivity index (χ0) is 18.4. The molecule has 0 saturated carbocycles. The van der Waals surface area contributed by atoms with Gasteiger partial charge in [-0.15, -0.1) is 11.8 Å². The van der Waals surface area contributed by atoms with Gasteiger partial charge in [-0.2, -0.15) is 0 Å². The minimum Gasteiger partial charge on any atom is -0.463 e. The molecule has 26 heavy (non-hydrogen) atoms. The molecule has 0 saturated heterocycles. The van der Waals surface area contributed by atoms with Crippen molar-refractivity contribution in [1.82, 2.24) is 5.32 Å². The first-order valence-corrected chi connectivity index (χ1v) is 9.20. The standard InChI is InChI=1S/C18H16ClNO5S/c19-13-2-4-14(5-3-13)26-8-7-23-17(21)10-20-18(22)12-1-6-15-16(9-12)25-11-24-15/h1-6,9H,7-8,10-11H2,(H,20,22). The lowest BCUT2D eigenvalue weighted by molar-refractivity contribution is -0.141. The van der Waals surface area contributed by atoms with E-state index >= 15 is 0 Å². The van der Waals surface area contributed by atoms with E-state index in [1.54, 1.807) is 30.0 Å². The normalized spacial score (nSPS) is 11.9. The van der Waals surface area contributed by atoms with Crippen LogP contribution in [0.4, 0.5) is 0 Å². The van der Waals surface area contributed by atoms with Crippen LogP contribution in [0.1, 0.15) is 10.4 Å². The Hall–Kier alpha value is -2.38. The van der Waals surface area contributed by atoms with Crippen molar-refractivity contribution in [2.45, 2.75) is 4.90 Å². The summed E-state index contributed by atoms with van der Waals surface area (Å²) >= 11 is 7.38. The van der Waals surface area contributed by atoms with Crippen molar-refractivity contribution in [2.75, 3.05) is 25.7 Å². The van der Waals surface area contributed by atoms with Gasteiger partial charge in [0.1, 0.15) is 13.2 Å². The quantitative estimate of drug-likeness (QED) is 0.442. The van der Waals surface area contributed by atoms with E-state index in [2.05, 4.69) is 5.32 Å². The van der Waals surface area contributed by atoms with Gasteiger partial charge in [-0.3, -0.25) is 9.59 Å². The zero-order valence-electron chi connectivity index (χ0n) is 13.7. The number of benzene rings is 2. The van der Waals surface area contributed by atoms with Gasteiger partial charge in [-0.25, -0.2) is 0 Å². The Morgan fingerprint density at radius 3 is 2.69 bits per heavy atom. The Bertz CT molecular complexity index is 797. The van der Waals surface area contributed by atoms with Gasteiger partial charge in [0.15, 0.2) is 11.5 Å². The van der Waals surface area contributed by atoms with Crippen LogP contribution in [0.3, 0.4) is 0 Å². The molecular formula is C18H16ClNO5S. The number of ether oxygens (including phenoxy) is 3. The summed E-state index contributed by atoms with van der Waals surface area (Å²) in [4.78, 5) is 24.8. The van der Waals surface area contributed by atoms with Gasteiger partial charge in [0.25, 0.3) is 5.91 Å². The molecule has 1 aliphatic rings. The molecule has 3 rings (SSSR count). The number of carbonyl (C=O) groups is 2. The molecule has 0 fully saturated rings. The predicted molar refractivity (Wildman–Crippen MR) is 98.0 cm³/mol. The van der Waals surface area contributed by atoms with Crippen molar-refractivity contribution >= 4 is 35.2 Å². The van der Waals surface area contributed by atoms with Crippen LogP contribution in [0.15, 0.2) is 47.4 Å². The zero-order valence-corrected chi connectivity index (χ0v) is 15.3. The van der Waals surface area contributed by atoms with Crippen LogP contribution in [-0.4, -0.2) is 37.6 Å².